The van der Waals surface area contributed by atoms with E-state index < -0.39 is 5.91 Å². The SMILES string of the molecule is COc1ccc(CC(=O)N2CCCC(c3nccnc3-c3cccc(C(N)=O)c3)C2)cc1. The minimum atomic E-state index is -0.481. The maximum absolute atomic E-state index is 13.0. The fraction of sp³-hybridized carbons (Fsp3) is 0.280. The van der Waals surface area contributed by atoms with E-state index in [0.717, 1.165) is 47.7 Å². The molecule has 1 unspecified atom stereocenters. The van der Waals surface area contributed by atoms with Crippen LogP contribution in [-0.4, -0.2) is 46.9 Å². The van der Waals surface area contributed by atoms with E-state index in [1.165, 1.54) is 0 Å². The Bertz CT molecular complexity index is 1110. The standard InChI is InChI=1S/C25H26N4O3/c1-32-21-9-7-17(8-10-21)14-22(30)29-13-3-6-20(16-29)24-23(27-11-12-28-24)18-4-2-5-19(15-18)25(26)31/h2,4-5,7-12,15,20H,3,6,13-14,16H2,1H3,(H2,26,31). The van der Waals surface area contributed by atoms with Crippen LogP contribution in [0.2, 0.25) is 0 Å². The van der Waals surface area contributed by atoms with Gasteiger partial charge in [0.2, 0.25) is 11.8 Å². The number of hydrogen-bond donors (Lipinski definition) is 1. The second kappa shape index (κ2) is 9.60. The minimum Gasteiger partial charge on any atom is -0.497 e. The third-order valence-electron chi connectivity index (χ3n) is 5.82. The molecule has 164 valence electrons. The lowest BCUT2D eigenvalue weighted by Gasteiger charge is -2.33. The van der Waals surface area contributed by atoms with E-state index in [9.17, 15) is 9.59 Å². The molecule has 7 nitrogen and oxygen atoms in total. The highest BCUT2D eigenvalue weighted by Gasteiger charge is 2.28. The highest BCUT2D eigenvalue weighted by Crippen LogP contribution is 2.32. The molecule has 32 heavy (non-hydrogen) atoms. The van der Waals surface area contributed by atoms with Crippen LogP contribution >= 0.6 is 0 Å². The van der Waals surface area contributed by atoms with Crippen molar-refractivity contribution >= 4 is 11.8 Å². The number of methoxy groups -OCH3 is 1. The molecular weight excluding hydrogens is 404 g/mol. The van der Waals surface area contributed by atoms with E-state index in [0.29, 0.717) is 18.5 Å². The maximum Gasteiger partial charge on any atom is 0.248 e. The van der Waals surface area contributed by atoms with Crippen LogP contribution in [0.15, 0.2) is 60.9 Å². The predicted molar refractivity (Wildman–Crippen MR) is 121 cm³/mol. The fourth-order valence-corrected chi connectivity index (χ4v) is 4.15. The van der Waals surface area contributed by atoms with Gasteiger partial charge in [-0.25, -0.2) is 0 Å². The first-order chi connectivity index (χ1) is 15.5. The molecule has 2 heterocycles. The largest absolute Gasteiger partial charge is 0.497 e. The molecule has 0 spiro atoms. The summed E-state index contributed by atoms with van der Waals surface area (Å²) >= 11 is 0. The monoisotopic (exact) mass is 430 g/mol. The van der Waals surface area contributed by atoms with Crippen molar-refractivity contribution in [3.8, 4) is 17.0 Å². The van der Waals surface area contributed by atoms with Crippen molar-refractivity contribution in [3.63, 3.8) is 0 Å². The molecule has 1 aliphatic rings. The molecule has 3 aromatic rings. The van der Waals surface area contributed by atoms with Crippen LogP contribution in [-0.2, 0) is 11.2 Å². The second-order valence-electron chi connectivity index (χ2n) is 7.94. The fourth-order valence-electron chi connectivity index (χ4n) is 4.15. The third-order valence-corrected chi connectivity index (χ3v) is 5.82. The van der Waals surface area contributed by atoms with E-state index in [2.05, 4.69) is 9.97 Å². The number of rotatable bonds is 6. The molecule has 1 saturated heterocycles. The number of piperidine rings is 1. The van der Waals surface area contributed by atoms with Gasteiger partial charge in [-0.15, -0.1) is 0 Å². The first-order valence-electron chi connectivity index (χ1n) is 10.7. The summed E-state index contributed by atoms with van der Waals surface area (Å²) in [5.41, 5.74) is 9.20. The van der Waals surface area contributed by atoms with Crippen LogP contribution < -0.4 is 10.5 Å². The molecule has 2 amide bonds. The van der Waals surface area contributed by atoms with Gasteiger partial charge in [-0.2, -0.15) is 0 Å². The van der Waals surface area contributed by atoms with Crippen LogP contribution in [0.1, 0.15) is 40.4 Å². The van der Waals surface area contributed by atoms with Gasteiger partial charge in [0, 0.05) is 42.5 Å². The number of likely N-dealkylation sites (tertiary alicyclic amines) is 1. The highest BCUT2D eigenvalue weighted by atomic mass is 16.5. The van der Waals surface area contributed by atoms with Crippen molar-refractivity contribution in [2.75, 3.05) is 20.2 Å². The number of amides is 2. The smallest absolute Gasteiger partial charge is 0.248 e. The van der Waals surface area contributed by atoms with Crippen molar-refractivity contribution in [2.45, 2.75) is 25.2 Å². The second-order valence-corrected chi connectivity index (χ2v) is 7.94. The minimum absolute atomic E-state index is 0.0736. The molecule has 2 aromatic carbocycles. The summed E-state index contributed by atoms with van der Waals surface area (Å²) < 4.78 is 5.19. The number of nitrogens with two attached hydrogens (primary N) is 1. The molecule has 2 N–H and O–H groups in total. The Morgan fingerprint density at radius 3 is 2.66 bits per heavy atom. The number of hydrogen-bond acceptors (Lipinski definition) is 5. The summed E-state index contributed by atoms with van der Waals surface area (Å²) in [6.07, 6.45) is 5.49. The molecule has 1 fully saturated rings. The van der Waals surface area contributed by atoms with Gasteiger partial charge in [0.1, 0.15) is 5.75 Å². The summed E-state index contributed by atoms with van der Waals surface area (Å²) in [6.45, 7) is 1.33. The Morgan fingerprint density at radius 1 is 1.12 bits per heavy atom. The highest BCUT2D eigenvalue weighted by molar-refractivity contribution is 5.94. The summed E-state index contributed by atoms with van der Waals surface area (Å²) in [7, 11) is 1.62. The van der Waals surface area contributed by atoms with Gasteiger partial charge in [-0.3, -0.25) is 19.6 Å². The van der Waals surface area contributed by atoms with Crippen LogP contribution in [0, 0.1) is 0 Å². The first kappa shape index (κ1) is 21.5. The summed E-state index contributed by atoms with van der Waals surface area (Å²) in [4.78, 5) is 35.7. The normalized spacial score (nSPS) is 15.9. The lowest BCUT2D eigenvalue weighted by atomic mass is 9.91. The van der Waals surface area contributed by atoms with Gasteiger partial charge in [-0.05, 0) is 42.7 Å². The lowest BCUT2D eigenvalue weighted by molar-refractivity contribution is -0.131. The number of carbonyl (C=O) groups excluding carboxylic acids is 2. The molecule has 0 radical (unpaired) electrons. The average molecular weight is 431 g/mol. The third kappa shape index (κ3) is 4.77. The summed E-state index contributed by atoms with van der Waals surface area (Å²) in [5.74, 6) is 0.464. The van der Waals surface area contributed by atoms with Gasteiger partial charge in [0.25, 0.3) is 0 Å². The number of carbonyl (C=O) groups is 2. The van der Waals surface area contributed by atoms with E-state index in [-0.39, 0.29) is 11.8 Å². The maximum atomic E-state index is 13.0. The number of ether oxygens (including phenoxy) is 1. The molecule has 0 aliphatic carbocycles. The van der Waals surface area contributed by atoms with Gasteiger partial charge >= 0.3 is 0 Å². The lowest BCUT2D eigenvalue weighted by Crippen LogP contribution is -2.40. The van der Waals surface area contributed by atoms with Crippen molar-refractivity contribution in [1.82, 2.24) is 14.9 Å². The predicted octanol–water partition coefficient (Wildman–Crippen LogP) is 3.20. The quantitative estimate of drug-likeness (QED) is 0.648. The van der Waals surface area contributed by atoms with E-state index in [4.69, 9.17) is 10.5 Å². The topological polar surface area (TPSA) is 98.4 Å². The van der Waals surface area contributed by atoms with Crippen LogP contribution in [0.25, 0.3) is 11.3 Å². The molecule has 7 heteroatoms. The van der Waals surface area contributed by atoms with Crippen molar-refractivity contribution < 1.29 is 14.3 Å². The number of nitrogens with zero attached hydrogens (tertiary/aromatic N) is 3. The molecule has 0 saturated carbocycles. The van der Waals surface area contributed by atoms with Gasteiger partial charge in [0.05, 0.1) is 24.9 Å². The van der Waals surface area contributed by atoms with E-state index in [1.807, 2.05) is 35.2 Å². The van der Waals surface area contributed by atoms with Crippen molar-refractivity contribution in [1.29, 1.82) is 0 Å². The van der Waals surface area contributed by atoms with Crippen LogP contribution in [0.4, 0.5) is 0 Å². The number of primary amides is 1. The van der Waals surface area contributed by atoms with Gasteiger partial charge in [-0.1, -0.05) is 24.3 Å². The Balaban J connectivity index is 1.53. The van der Waals surface area contributed by atoms with Crippen LogP contribution in [0.3, 0.4) is 0 Å². The Kier molecular flexibility index (Phi) is 6.44. The Labute approximate surface area is 187 Å². The van der Waals surface area contributed by atoms with Gasteiger partial charge < -0.3 is 15.4 Å². The zero-order chi connectivity index (χ0) is 22.5. The first-order valence-corrected chi connectivity index (χ1v) is 10.7. The van der Waals surface area contributed by atoms with Gasteiger partial charge in [0.15, 0.2) is 0 Å². The molecule has 0 bridgehead atoms. The zero-order valence-corrected chi connectivity index (χ0v) is 18.0. The summed E-state index contributed by atoms with van der Waals surface area (Å²) in [5, 5.41) is 0. The molecule has 1 aromatic heterocycles. The molecule has 1 atom stereocenters. The van der Waals surface area contributed by atoms with E-state index >= 15 is 0 Å². The molecular formula is C25H26N4O3. The van der Waals surface area contributed by atoms with Crippen molar-refractivity contribution in [2.24, 2.45) is 5.73 Å². The average Bonchev–Trinajstić information content (AvgIpc) is 2.84. The van der Waals surface area contributed by atoms with Crippen LogP contribution in [0.5, 0.6) is 5.75 Å². The molecule has 4 rings (SSSR count). The Morgan fingerprint density at radius 2 is 1.91 bits per heavy atom. The Hall–Kier alpha value is -3.74. The molecule has 1 aliphatic heterocycles. The van der Waals surface area contributed by atoms with Crippen molar-refractivity contribution in [3.05, 3.63) is 77.7 Å². The van der Waals surface area contributed by atoms with E-state index in [1.54, 1.807) is 37.7 Å². The number of aromatic nitrogens is 2. The zero-order valence-electron chi connectivity index (χ0n) is 18.0. The number of benzene rings is 2. The summed E-state index contributed by atoms with van der Waals surface area (Å²) in [6, 6.07) is 14.7.